The van der Waals surface area contributed by atoms with Gasteiger partial charge in [0, 0.05) is 12.0 Å². The Labute approximate surface area is 96.3 Å². The van der Waals surface area contributed by atoms with Crippen molar-refractivity contribution in [2.45, 2.75) is 38.5 Å². The first-order valence-electron chi connectivity index (χ1n) is 5.74. The Morgan fingerprint density at radius 3 is 2.94 bits per heavy atom. The summed E-state index contributed by atoms with van der Waals surface area (Å²) < 4.78 is 5.42. The lowest BCUT2D eigenvalue weighted by atomic mass is 10.0. The lowest BCUT2D eigenvalue weighted by molar-refractivity contribution is 0.353. The van der Waals surface area contributed by atoms with E-state index in [0.717, 1.165) is 5.69 Å². The van der Waals surface area contributed by atoms with Gasteiger partial charge in [-0.1, -0.05) is 18.8 Å². The molecule has 0 radical (unpaired) electrons. The van der Waals surface area contributed by atoms with Gasteiger partial charge < -0.3 is 4.74 Å². The number of rotatable bonds is 3. The van der Waals surface area contributed by atoms with Crippen molar-refractivity contribution in [1.82, 2.24) is 9.97 Å². The molecule has 1 saturated carbocycles. The zero-order chi connectivity index (χ0) is 11.2. The van der Waals surface area contributed by atoms with Gasteiger partial charge in [-0.05, 0) is 19.8 Å². The maximum absolute atomic E-state index is 5.42. The molecule has 0 aromatic carbocycles. The number of hydrogen-bond donors (Lipinski definition) is 0. The van der Waals surface area contributed by atoms with Crippen molar-refractivity contribution in [1.29, 1.82) is 0 Å². The highest BCUT2D eigenvalue weighted by Gasteiger charge is 2.18. The summed E-state index contributed by atoms with van der Waals surface area (Å²) >= 11 is 0. The summed E-state index contributed by atoms with van der Waals surface area (Å²) in [5, 5.41) is 0. The molecule has 0 spiro atoms. The zero-order valence-corrected chi connectivity index (χ0v) is 9.57. The third-order valence-electron chi connectivity index (χ3n) is 2.91. The molecular weight excluding hydrogens is 200 g/mol. The van der Waals surface area contributed by atoms with Crippen molar-refractivity contribution in [2.75, 3.05) is 6.61 Å². The highest BCUT2D eigenvalue weighted by molar-refractivity contribution is 5.18. The molecule has 1 aromatic heterocycles. The molecule has 1 aliphatic rings. The van der Waals surface area contributed by atoms with E-state index in [0.29, 0.717) is 18.4 Å². The summed E-state index contributed by atoms with van der Waals surface area (Å²) in [4.78, 5) is 8.40. The van der Waals surface area contributed by atoms with Gasteiger partial charge in [-0.3, -0.25) is 0 Å². The average Bonchev–Trinajstić information content (AvgIpc) is 2.83. The van der Waals surface area contributed by atoms with Gasteiger partial charge >= 0.3 is 0 Å². The molecule has 0 unspecified atom stereocenters. The minimum absolute atomic E-state index is 0.400. The molecule has 1 heterocycles. The van der Waals surface area contributed by atoms with Crippen molar-refractivity contribution in [3.63, 3.8) is 0 Å². The van der Waals surface area contributed by atoms with Crippen molar-refractivity contribution >= 4 is 0 Å². The smallest absolute Gasteiger partial charge is 0.217 e. The standard InChI is InChI=1S/C13H16N2O/c1-2-3-8-16-13-9-12(14-10-15-13)11-6-4-5-7-11/h9-11H,4-8H2,1H3. The van der Waals surface area contributed by atoms with E-state index in [1.54, 1.807) is 13.3 Å². The summed E-state index contributed by atoms with van der Waals surface area (Å²) in [5.41, 5.74) is 1.12. The molecule has 0 aliphatic heterocycles. The Balaban J connectivity index is 2.02. The van der Waals surface area contributed by atoms with Crippen molar-refractivity contribution in [3.05, 3.63) is 18.1 Å². The molecular formula is C13H16N2O. The molecule has 16 heavy (non-hydrogen) atoms. The van der Waals surface area contributed by atoms with Gasteiger partial charge in [-0.2, -0.15) is 0 Å². The van der Waals surface area contributed by atoms with Crippen LogP contribution in [0, 0.1) is 11.8 Å². The van der Waals surface area contributed by atoms with Gasteiger partial charge in [0.25, 0.3) is 0 Å². The van der Waals surface area contributed by atoms with Crippen LogP contribution in [0.25, 0.3) is 0 Å². The summed E-state index contributed by atoms with van der Waals surface area (Å²) in [6.07, 6.45) is 6.69. The summed E-state index contributed by atoms with van der Waals surface area (Å²) in [6, 6.07) is 1.95. The first-order valence-corrected chi connectivity index (χ1v) is 5.74. The van der Waals surface area contributed by atoms with Crippen molar-refractivity contribution in [3.8, 4) is 17.7 Å². The van der Waals surface area contributed by atoms with Crippen LogP contribution in [0.2, 0.25) is 0 Å². The van der Waals surface area contributed by atoms with Crippen molar-refractivity contribution in [2.24, 2.45) is 0 Å². The summed E-state index contributed by atoms with van der Waals surface area (Å²) in [6.45, 7) is 2.20. The lowest BCUT2D eigenvalue weighted by Gasteiger charge is -2.08. The zero-order valence-electron chi connectivity index (χ0n) is 9.57. The minimum Gasteiger partial charge on any atom is -0.464 e. The fourth-order valence-corrected chi connectivity index (χ4v) is 2.06. The van der Waals surface area contributed by atoms with Gasteiger partial charge in [0.05, 0.1) is 5.69 Å². The van der Waals surface area contributed by atoms with Crippen LogP contribution in [0.15, 0.2) is 12.4 Å². The van der Waals surface area contributed by atoms with Crippen LogP contribution in [0.5, 0.6) is 5.88 Å². The maximum atomic E-state index is 5.42. The number of hydrogen-bond acceptors (Lipinski definition) is 3. The van der Waals surface area contributed by atoms with Crippen LogP contribution in [0.4, 0.5) is 0 Å². The Bertz CT molecular complexity index is 400. The molecule has 0 saturated heterocycles. The predicted octanol–water partition coefficient (Wildman–Crippen LogP) is 2.54. The van der Waals surface area contributed by atoms with E-state index in [-0.39, 0.29) is 0 Å². The minimum atomic E-state index is 0.400. The second-order valence-electron chi connectivity index (χ2n) is 3.98. The first kappa shape index (κ1) is 10.9. The lowest BCUT2D eigenvalue weighted by Crippen LogP contribution is -2.01. The number of nitrogens with zero attached hydrogens (tertiary/aromatic N) is 2. The van der Waals surface area contributed by atoms with E-state index in [1.807, 2.05) is 6.07 Å². The molecule has 0 bridgehead atoms. The predicted molar refractivity (Wildman–Crippen MR) is 62.2 cm³/mol. The second kappa shape index (κ2) is 5.50. The Morgan fingerprint density at radius 1 is 1.38 bits per heavy atom. The van der Waals surface area contributed by atoms with Gasteiger partial charge in [0.2, 0.25) is 5.88 Å². The molecule has 0 amide bonds. The SMILES string of the molecule is CC#CCOc1cc(C2CCCC2)ncn1. The van der Waals surface area contributed by atoms with Crippen LogP contribution >= 0.6 is 0 Å². The summed E-state index contributed by atoms with van der Waals surface area (Å²) in [5.74, 6) is 6.88. The molecule has 1 fully saturated rings. The Hall–Kier alpha value is -1.56. The van der Waals surface area contributed by atoms with Gasteiger partial charge in [0.1, 0.15) is 6.33 Å². The van der Waals surface area contributed by atoms with E-state index < -0.39 is 0 Å². The monoisotopic (exact) mass is 216 g/mol. The second-order valence-corrected chi connectivity index (χ2v) is 3.98. The molecule has 1 aliphatic carbocycles. The van der Waals surface area contributed by atoms with E-state index in [2.05, 4.69) is 21.8 Å². The molecule has 2 rings (SSSR count). The Morgan fingerprint density at radius 2 is 2.19 bits per heavy atom. The largest absolute Gasteiger partial charge is 0.464 e. The van der Waals surface area contributed by atoms with Crippen LogP contribution in [-0.2, 0) is 0 Å². The maximum Gasteiger partial charge on any atom is 0.217 e. The Kier molecular flexibility index (Phi) is 3.76. The van der Waals surface area contributed by atoms with E-state index in [4.69, 9.17) is 4.74 Å². The van der Waals surface area contributed by atoms with Gasteiger partial charge in [0.15, 0.2) is 6.61 Å². The number of ether oxygens (including phenoxy) is 1. The molecule has 84 valence electrons. The van der Waals surface area contributed by atoms with Crippen LogP contribution < -0.4 is 4.74 Å². The topological polar surface area (TPSA) is 35.0 Å². The van der Waals surface area contributed by atoms with E-state index >= 15 is 0 Å². The van der Waals surface area contributed by atoms with Crippen LogP contribution in [-0.4, -0.2) is 16.6 Å². The van der Waals surface area contributed by atoms with Gasteiger partial charge in [-0.25, -0.2) is 9.97 Å². The molecule has 0 N–H and O–H groups in total. The van der Waals surface area contributed by atoms with E-state index in [1.165, 1.54) is 25.7 Å². The molecule has 1 aromatic rings. The molecule has 3 heteroatoms. The highest BCUT2D eigenvalue weighted by Crippen LogP contribution is 2.33. The van der Waals surface area contributed by atoms with E-state index in [9.17, 15) is 0 Å². The quantitative estimate of drug-likeness (QED) is 0.728. The first-order chi connectivity index (χ1) is 7.90. The fourth-order valence-electron chi connectivity index (χ4n) is 2.06. The summed E-state index contributed by atoms with van der Waals surface area (Å²) in [7, 11) is 0. The molecule has 3 nitrogen and oxygen atoms in total. The van der Waals surface area contributed by atoms with Gasteiger partial charge in [-0.15, -0.1) is 5.92 Å². The average molecular weight is 216 g/mol. The fraction of sp³-hybridized carbons (Fsp3) is 0.538. The third kappa shape index (κ3) is 2.73. The molecule has 0 atom stereocenters. The normalized spacial score (nSPS) is 15.6. The van der Waals surface area contributed by atoms with Crippen LogP contribution in [0.1, 0.15) is 44.2 Å². The van der Waals surface area contributed by atoms with Crippen LogP contribution in [0.3, 0.4) is 0 Å². The number of aromatic nitrogens is 2. The highest BCUT2D eigenvalue weighted by atomic mass is 16.5. The van der Waals surface area contributed by atoms with Crippen molar-refractivity contribution < 1.29 is 4.74 Å². The third-order valence-corrected chi connectivity index (χ3v) is 2.91.